The van der Waals surface area contributed by atoms with Gasteiger partial charge in [-0.05, 0) is 37.6 Å². The minimum atomic E-state index is 0.771. The smallest absolute Gasteiger partial charge is 0.0536 e. The monoisotopic (exact) mass is 284 g/mol. The third-order valence-electron chi connectivity index (χ3n) is 4.25. The molecule has 1 aromatic carbocycles. The van der Waals surface area contributed by atoms with Gasteiger partial charge in [0, 0.05) is 44.3 Å². The Morgan fingerprint density at radius 3 is 2.86 bits per heavy atom. The van der Waals surface area contributed by atoms with Crippen molar-refractivity contribution in [2.45, 2.75) is 13.0 Å². The Labute approximate surface area is 127 Å². The second-order valence-electron chi connectivity index (χ2n) is 5.97. The summed E-state index contributed by atoms with van der Waals surface area (Å²) in [6.07, 6.45) is 5.16. The topological polar surface area (TPSA) is 24.3 Å². The highest BCUT2D eigenvalue weighted by molar-refractivity contribution is 5.46. The molecule has 112 valence electrons. The average molecular weight is 284 g/mol. The lowest BCUT2D eigenvalue weighted by atomic mass is 10.1. The van der Waals surface area contributed by atoms with E-state index in [0.717, 1.165) is 19.0 Å². The molecule has 1 atom stereocenters. The summed E-state index contributed by atoms with van der Waals surface area (Å²) in [7, 11) is 2.22. The zero-order valence-corrected chi connectivity index (χ0v) is 12.7. The molecule has 1 aromatic heterocycles. The van der Waals surface area contributed by atoms with Gasteiger partial charge in [-0.25, -0.2) is 0 Å². The number of anilines is 1. The lowest BCUT2D eigenvalue weighted by Crippen LogP contribution is -2.30. The molecule has 2 aromatic rings. The molecule has 4 heteroatoms. The molecule has 1 unspecified atom stereocenters. The number of benzene rings is 1. The first-order chi connectivity index (χ1) is 10.3. The molecule has 0 aliphatic carbocycles. The minimum Gasteiger partial charge on any atom is -0.371 e. The van der Waals surface area contributed by atoms with Gasteiger partial charge in [-0.15, -0.1) is 0 Å². The van der Waals surface area contributed by atoms with E-state index in [1.165, 1.54) is 31.7 Å². The fourth-order valence-electron chi connectivity index (χ4n) is 3.09. The van der Waals surface area contributed by atoms with E-state index in [2.05, 4.69) is 52.3 Å². The lowest BCUT2D eigenvalue weighted by Gasteiger charge is -2.22. The van der Waals surface area contributed by atoms with E-state index < -0.39 is 0 Å². The number of para-hydroxylation sites is 1. The fourth-order valence-corrected chi connectivity index (χ4v) is 3.09. The van der Waals surface area contributed by atoms with Gasteiger partial charge in [0.25, 0.3) is 0 Å². The summed E-state index contributed by atoms with van der Waals surface area (Å²) in [4.78, 5) is 4.94. The van der Waals surface area contributed by atoms with Crippen molar-refractivity contribution in [1.29, 1.82) is 0 Å². The zero-order valence-electron chi connectivity index (χ0n) is 12.7. The average Bonchev–Trinajstić information content (AvgIpc) is 3.17. The molecular formula is C17H24N4. The number of hydrogen-bond donors (Lipinski definition) is 0. The van der Waals surface area contributed by atoms with Crippen LogP contribution in [0.4, 0.5) is 5.69 Å². The molecule has 0 saturated carbocycles. The third-order valence-corrected chi connectivity index (χ3v) is 4.25. The van der Waals surface area contributed by atoms with Crippen LogP contribution < -0.4 is 4.90 Å². The number of likely N-dealkylation sites (N-methyl/N-ethyl adjacent to an activating group) is 1. The molecule has 1 fully saturated rings. The second-order valence-corrected chi connectivity index (χ2v) is 5.97. The Morgan fingerprint density at radius 2 is 2.10 bits per heavy atom. The summed E-state index contributed by atoms with van der Waals surface area (Å²) in [6, 6.07) is 12.7. The summed E-state index contributed by atoms with van der Waals surface area (Å²) in [5, 5.41) is 4.25. The summed E-state index contributed by atoms with van der Waals surface area (Å²) in [5.74, 6) is 0.771. The van der Waals surface area contributed by atoms with Crippen LogP contribution in [0, 0.1) is 5.92 Å². The molecule has 1 saturated heterocycles. The van der Waals surface area contributed by atoms with Crippen LogP contribution >= 0.6 is 0 Å². The van der Waals surface area contributed by atoms with Crippen molar-refractivity contribution in [1.82, 2.24) is 14.7 Å². The van der Waals surface area contributed by atoms with Crippen LogP contribution in [0.2, 0.25) is 0 Å². The number of rotatable bonds is 6. The molecule has 21 heavy (non-hydrogen) atoms. The quantitative estimate of drug-likeness (QED) is 0.814. The van der Waals surface area contributed by atoms with Gasteiger partial charge in [-0.2, -0.15) is 5.10 Å². The van der Waals surface area contributed by atoms with Crippen molar-refractivity contribution in [3.63, 3.8) is 0 Å². The molecule has 2 heterocycles. The van der Waals surface area contributed by atoms with Gasteiger partial charge < -0.3 is 9.80 Å². The van der Waals surface area contributed by atoms with Crippen LogP contribution in [0.1, 0.15) is 6.42 Å². The lowest BCUT2D eigenvalue weighted by molar-refractivity contribution is 0.272. The number of aromatic nitrogens is 2. The van der Waals surface area contributed by atoms with Gasteiger partial charge in [-0.1, -0.05) is 18.2 Å². The predicted octanol–water partition coefficient (Wildman–Crippen LogP) is 2.34. The minimum absolute atomic E-state index is 0.771. The maximum absolute atomic E-state index is 4.25. The summed E-state index contributed by atoms with van der Waals surface area (Å²) in [5.41, 5.74) is 1.36. The van der Waals surface area contributed by atoms with Crippen molar-refractivity contribution in [3.05, 3.63) is 48.8 Å². The van der Waals surface area contributed by atoms with Crippen LogP contribution in [0.25, 0.3) is 0 Å². The maximum Gasteiger partial charge on any atom is 0.0536 e. The van der Waals surface area contributed by atoms with Gasteiger partial charge in [0.1, 0.15) is 0 Å². The molecule has 1 aliphatic heterocycles. The van der Waals surface area contributed by atoms with Crippen molar-refractivity contribution in [2.75, 3.05) is 38.1 Å². The van der Waals surface area contributed by atoms with E-state index in [1.54, 1.807) is 0 Å². The number of hydrogen-bond acceptors (Lipinski definition) is 3. The largest absolute Gasteiger partial charge is 0.371 e. The van der Waals surface area contributed by atoms with Crippen molar-refractivity contribution in [2.24, 2.45) is 5.92 Å². The van der Waals surface area contributed by atoms with Crippen LogP contribution in [0.15, 0.2) is 48.8 Å². The Bertz CT molecular complexity index is 523. The van der Waals surface area contributed by atoms with E-state index in [9.17, 15) is 0 Å². The first kappa shape index (κ1) is 14.1. The first-order valence-corrected chi connectivity index (χ1v) is 7.77. The van der Waals surface area contributed by atoms with Crippen LogP contribution in [-0.4, -0.2) is 47.9 Å². The Kier molecular flexibility index (Phi) is 4.55. The van der Waals surface area contributed by atoms with Crippen LogP contribution in [0.3, 0.4) is 0 Å². The molecule has 0 spiro atoms. The van der Waals surface area contributed by atoms with Gasteiger partial charge >= 0.3 is 0 Å². The van der Waals surface area contributed by atoms with Gasteiger partial charge in [0.15, 0.2) is 0 Å². The van der Waals surface area contributed by atoms with Gasteiger partial charge in [0.05, 0.1) is 6.54 Å². The molecule has 3 rings (SSSR count). The van der Waals surface area contributed by atoms with E-state index in [-0.39, 0.29) is 0 Å². The van der Waals surface area contributed by atoms with Gasteiger partial charge in [0.2, 0.25) is 0 Å². The summed E-state index contributed by atoms with van der Waals surface area (Å²) < 4.78 is 2.00. The first-order valence-electron chi connectivity index (χ1n) is 7.77. The molecule has 0 radical (unpaired) electrons. The third kappa shape index (κ3) is 3.85. The maximum atomic E-state index is 4.25. The Hall–Kier alpha value is -1.81. The Morgan fingerprint density at radius 1 is 1.24 bits per heavy atom. The SMILES string of the molecule is CN(CCn1cccn1)CC1CCN(c2ccccc2)C1. The zero-order chi connectivity index (χ0) is 14.5. The second kappa shape index (κ2) is 6.76. The standard InChI is InChI=1S/C17H24N4/c1-19(12-13-21-10-5-9-18-21)14-16-8-11-20(15-16)17-6-3-2-4-7-17/h2-7,9-10,16H,8,11-15H2,1H3. The van der Waals surface area contributed by atoms with E-state index >= 15 is 0 Å². The van der Waals surface area contributed by atoms with Gasteiger partial charge in [-0.3, -0.25) is 4.68 Å². The van der Waals surface area contributed by atoms with Crippen molar-refractivity contribution in [3.8, 4) is 0 Å². The molecule has 1 aliphatic rings. The van der Waals surface area contributed by atoms with Crippen molar-refractivity contribution < 1.29 is 0 Å². The molecule has 0 bridgehead atoms. The molecule has 0 amide bonds. The van der Waals surface area contributed by atoms with Crippen LogP contribution in [0.5, 0.6) is 0 Å². The van der Waals surface area contributed by atoms with Crippen molar-refractivity contribution >= 4 is 5.69 Å². The highest BCUT2D eigenvalue weighted by atomic mass is 15.3. The summed E-state index contributed by atoms with van der Waals surface area (Å²) in [6.45, 7) is 5.56. The van der Waals surface area contributed by atoms with E-state index in [0.29, 0.717) is 0 Å². The molecule has 4 nitrogen and oxygen atoms in total. The molecule has 0 N–H and O–H groups in total. The highest BCUT2D eigenvalue weighted by Gasteiger charge is 2.23. The van der Waals surface area contributed by atoms with E-state index in [1.807, 2.05) is 23.1 Å². The summed E-state index contributed by atoms with van der Waals surface area (Å²) >= 11 is 0. The normalized spacial score (nSPS) is 18.6. The fraction of sp³-hybridized carbons (Fsp3) is 0.471. The predicted molar refractivity (Wildman–Crippen MR) is 86.5 cm³/mol. The molecular weight excluding hydrogens is 260 g/mol. The van der Waals surface area contributed by atoms with E-state index in [4.69, 9.17) is 0 Å². The van der Waals surface area contributed by atoms with Crippen LogP contribution in [-0.2, 0) is 6.54 Å². The number of nitrogens with zero attached hydrogens (tertiary/aromatic N) is 4. The Balaban J connectivity index is 1.44. The highest BCUT2D eigenvalue weighted by Crippen LogP contribution is 2.23.